The predicted molar refractivity (Wildman–Crippen MR) is 167 cm³/mol. The summed E-state index contributed by atoms with van der Waals surface area (Å²) in [5.74, 6) is 1.89. The Morgan fingerprint density at radius 2 is 0.854 bits per heavy atom. The van der Waals surface area contributed by atoms with E-state index in [-0.39, 0.29) is 10.8 Å². The fourth-order valence-corrected chi connectivity index (χ4v) is 7.91. The summed E-state index contributed by atoms with van der Waals surface area (Å²) in [5, 5.41) is 0. The van der Waals surface area contributed by atoms with Gasteiger partial charge in [-0.15, -0.1) is 0 Å². The number of hydrogen-bond acceptors (Lipinski definition) is 1. The molecule has 3 aliphatic rings. The number of ether oxygens (including phenoxy) is 1. The molecule has 6 aromatic rings. The van der Waals surface area contributed by atoms with Crippen LogP contribution in [0.5, 0.6) is 11.5 Å². The monoisotopic (exact) mass is 524 g/mol. The molecule has 0 N–H and O–H groups in total. The molecule has 0 amide bonds. The molecule has 0 saturated heterocycles. The second-order valence-electron chi connectivity index (χ2n) is 12.1. The highest BCUT2D eigenvalue weighted by Gasteiger charge is 2.51. The van der Waals surface area contributed by atoms with Crippen molar-refractivity contribution in [1.82, 2.24) is 0 Å². The molecule has 0 radical (unpaired) electrons. The van der Waals surface area contributed by atoms with E-state index in [0.29, 0.717) is 0 Å². The van der Waals surface area contributed by atoms with Gasteiger partial charge in [0.05, 0.1) is 5.41 Å². The normalized spacial score (nSPS) is 15.7. The van der Waals surface area contributed by atoms with Crippen LogP contribution < -0.4 is 4.74 Å². The molecule has 41 heavy (non-hydrogen) atoms. The molecule has 1 nitrogen and oxygen atoms in total. The Balaban J connectivity index is 1.28. The van der Waals surface area contributed by atoms with Gasteiger partial charge >= 0.3 is 0 Å². The first-order chi connectivity index (χ1) is 20.1. The highest BCUT2D eigenvalue weighted by atomic mass is 16.5. The Hall–Kier alpha value is -4.88. The number of benzene rings is 6. The third-order valence-corrected chi connectivity index (χ3v) is 9.77. The van der Waals surface area contributed by atoms with E-state index >= 15 is 0 Å². The fourth-order valence-electron chi connectivity index (χ4n) is 7.91. The Labute approximate surface area is 240 Å². The van der Waals surface area contributed by atoms with E-state index in [0.717, 1.165) is 11.5 Å². The lowest BCUT2D eigenvalue weighted by molar-refractivity contribution is 0.418. The average Bonchev–Trinajstić information content (AvgIpc) is 3.48. The maximum absolute atomic E-state index is 6.50. The Morgan fingerprint density at radius 3 is 1.49 bits per heavy atom. The maximum Gasteiger partial charge on any atom is 0.132 e. The number of hydrogen-bond donors (Lipinski definition) is 0. The first-order valence-corrected chi connectivity index (χ1v) is 14.4. The van der Waals surface area contributed by atoms with Gasteiger partial charge in [-0.1, -0.05) is 129 Å². The molecular formula is C40H28O. The molecule has 194 valence electrons. The zero-order valence-corrected chi connectivity index (χ0v) is 23.1. The summed E-state index contributed by atoms with van der Waals surface area (Å²) in [4.78, 5) is 0. The molecular weight excluding hydrogens is 496 g/mol. The minimum atomic E-state index is -0.333. The van der Waals surface area contributed by atoms with E-state index in [1.165, 1.54) is 66.8 Å². The number of rotatable bonds is 1. The Kier molecular flexibility index (Phi) is 4.39. The van der Waals surface area contributed by atoms with Gasteiger partial charge in [0.2, 0.25) is 0 Å². The van der Waals surface area contributed by atoms with Crippen molar-refractivity contribution in [2.45, 2.75) is 24.7 Å². The molecule has 0 saturated carbocycles. The van der Waals surface area contributed by atoms with Gasteiger partial charge in [0.1, 0.15) is 11.5 Å². The molecule has 1 aliphatic heterocycles. The Bertz CT molecular complexity index is 2000. The lowest BCUT2D eigenvalue weighted by Crippen LogP contribution is -2.25. The summed E-state index contributed by atoms with van der Waals surface area (Å²) in [6.45, 7) is 4.58. The van der Waals surface area contributed by atoms with Gasteiger partial charge in [0, 0.05) is 16.5 Å². The number of fused-ring (bicyclic) bond motifs is 12. The second-order valence-corrected chi connectivity index (χ2v) is 12.1. The van der Waals surface area contributed by atoms with E-state index in [2.05, 4.69) is 147 Å². The van der Waals surface area contributed by atoms with Crippen molar-refractivity contribution in [1.29, 1.82) is 0 Å². The fraction of sp³-hybridized carbons (Fsp3) is 0.100. The van der Waals surface area contributed by atoms with Crippen LogP contribution in [0.25, 0.3) is 33.4 Å². The van der Waals surface area contributed by atoms with Crippen LogP contribution >= 0.6 is 0 Å². The van der Waals surface area contributed by atoms with Crippen molar-refractivity contribution in [3.63, 3.8) is 0 Å². The van der Waals surface area contributed by atoms with Crippen molar-refractivity contribution in [2.24, 2.45) is 0 Å². The molecule has 1 heteroatoms. The molecule has 0 aromatic heterocycles. The van der Waals surface area contributed by atoms with E-state index in [9.17, 15) is 0 Å². The van der Waals surface area contributed by atoms with Gasteiger partial charge < -0.3 is 4.74 Å². The van der Waals surface area contributed by atoms with Crippen LogP contribution in [0.1, 0.15) is 47.2 Å². The minimum absolute atomic E-state index is 0.121. The van der Waals surface area contributed by atoms with Gasteiger partial charge in [-0.05, 0) is 73.8 Å². The van der Waals surface area contributed by atoms with Crippen molar-refractivity contribution in [3.8, 4) is 44.9 Å². The van der Waals surface area contributed by atoms with E-state index in [1.54, 1.807) is 0 Å². The topological polar surface area (TPSA) is 9.23 Å². The zero-order chi connectivity index (χ0) is 27.3. The average molecular weight is 525 g/mol. The summed E-state index contributed by atoms with van der Waals surface area (Å²) < 4.78 is 6.50. The summed E-state index contributed by atoms with van der Waals surface area (Å²) in [6.07, 6.45) is 0. The lowest BCUT2D eigenvalue weighted by Gasteiger charge is -2.34. The van der Waals surface area contributed by atoms with Crippen LogP contribution in [0.4, 0.5) is 0 Å². The molecule has 2 aliphatic carbocycles. The van der Waals surface area contributed by atoms with Crippen molar-refractivity contribution in [2.75, 3.05) is 0 Å². The Morgan fingerprint density at radius 1 is 0.390 bits per heavy atom. The van der Waals surface area contributed by atoms with Crippen molar-refractivity contribution >= 4 is 0 Å². The van der Waals surface area contributed by atoms with Gasteiger partial charge in [-0.3, -0.25) is 0 Å². The summed E-state index contributed by atoms with van der Waals surface area (Å²) in [7, 11) is 0. The molecule has 1 heterocycles. The van der Waals surface area contributed by atoms with Crippen LogP contribution in [0.15, 0.2) is 133 Å². The lowest BCUT2D eigenvalue weighted by atomic mass is 9.70. The van der Waals surface area contributed by atoms with Crippen LogP contribution in [0, 0.1) is 0 Å². The van der Waals surface area contributed by atoms with Crippen LogP contribution in [0.2, 0.25) is 0 Å². The van der Waals surface area contributed by atoms with E-state index in [1.807, 2.05) is 0 Å². The van der Waals surface area contributed by atoms with Crippen LogP contribution in [0.3, 0.4) is 0 Å². The largest absolute Gasteiger partial charge is 0.457 e. The standard InChI is InChI=1S/C40H28O/c1-39(2)34-17-9-10-18-37(34)41-38-24-26(20-22-35(38)39)25-19-21-30-29-13-5-8-16-33(29)40(36(30)23-25)31-14-6-3-11-27(31)28-12-4-7-15-32(28)40/h3-24H,1-2H3. The first-order valence-electron chi connectivity index (χ1n) is 14.4. The molecule has 0 atom stereocenters. The highest BCUT2D eigenvalue weighted by molar-refractivity contribution is 5.95. The summed E-state index contributed by atoms with van der Waals surface area (Å²) in [5.41, 5.74) is 15.2. The molecule has 1 spiro atoms. The first kappa shape index (κ1) is 22.9. The molecule has 9 rings (SSSR count). The smallest absolute Gasteiger partial charge is 0.132 e. The van der Waals surface area contributed by atoms with E-state index in [4.69, 9.17) is 4.74 Å². The summed E-state index contributed by atoms with van der Waals surface area (Å²) >= 11 is 0. The van der Waals surface area contributed by atoms with Gasteiger partial charge in [-0.25, -0.2) is 0 Å². The van der Waals surface area contributed by atoms with Crippen LogP contribution in [-0.2, 0) is 10.8 Å². The van der Waals surface area contributed by atoms with Crippen molar-refractivity contribution in [3.05, 3.63) is 167 Å². The molecule has 0 bridgehead atoms. The molecule has 6 aromatic carbocycles. The third kappa shape index (κ3) is 2.81. The maximum atomic E-state index is 6.50. The van der Waals surface area contributed by atoms with Gasteiger partial charge in [-0.2, -0.15) is 0 Å². The highest BCUT2D eigenvalue weighted by Crippen LogP contribution is 2.63. The minimum Gasteiger partial charge on any atom is -0.457 e. The number of para-hydroxylation sites is 1. The van der Waals surface area contributed by atoms with Gasteiger partial charge in [0.25, 0.3) is 0 Å². The van der Waals surface area contributed by atoms with Crippen molar-refractivity contribution < 1.29 is 4.74 Å². The summed E-state index contributed by atoms with van der Waals surface area (Å²) in [6, 6.07) is 49.2. The quantitative estimate of drug-likeness (QED) is 0.208. The second kappa shape index (κ2) is 7.86. The molecule has 0 unspecified atom stereocenters. The van der Waals surface area contributed by atoms with Gasteiger partial charge in [0.15, 0.2) is 0 Å². The third-order valence-electron chi connectivity index (χ3n) is 9.77. The zero-order valence-electron chi connectivity index (χ0n) is 23.1. The molecule has 0 fully saturated rings. The predicted octanol–water partition coefficient (Wildman–Crippen LogP) is 10.1. The van der Waals surface area contributed by atoms with E-state index < -0.39 is 0 Å². The SMILES string of the molecule is CC1(C)c2ccccc2Oc2cc(-c3ccc4c(c3)C3(c5ccccc5-c5ccccc53)c3ccccc3-4)ccc21. The van der Waals surface area contributed by atoms with Crippen LogP contribution in [-0.4, -0.2) is 0 Å².